The molecule has 0 aliphatic heterocycles. The molecule has 0 bridgehead atoms. The molecular weight excluding hydrogens is 313 g/mol. The van der Waals surface area contributed by atoms with Crippen LogP contribution in [0.2, 0.25) is 0 Å². The SMILES string of the molecule is CCC(C)c1cnc(C(F)Sc2cnc(NC(C)=O)s2)o1. The highest BCUT2D eigenvalue weighted by molar-refractivity contribution is 8.01. The van der Waals surface area contributed by atoms with Crippen LogP contribution in [0.3, 0.4) is 0 Å². The third kappa shape index (κ3) is 4.28. The molecule has 2 unspecified atom stereocenters. The van der Waals surface area contributed by atoms with Gasteiger partial charge in [0.1, 0.15) is 5.76 Å². The number of rotatable bonds is 6. The Morgan fingerprint density at radius 1 is 1.52 bits per heavy atom. The molecule has 21 heavy (non-hydrogen) atoms. The summed E-state index contributed by atoms with van der Waals surface area (Å²) in [6.07, 6.45) is 4.01. The maximum Gasteiger partial charge on any atom is 0.240 e. The number of thiazole rings is 1. The van der Waals surface area contributed by atoms with Crippen molar-refractivity contribution in [1.82, 2.24) is 9.97 Å². The average molecular weight is 329 g/mol. The summed E-state index contributed by atoms with van der Waals surface area (Å²) in [6, 6.07) is 0. The van der Waals surface area contributed by atoms with Gasteiger partial charge in [-0.05, 0) is 6.42 Å². The molecule has 0 spiro atoms. The number of thioether (sulfide) groups is 1. The first kappa shape index (κ1) is 16.0. The molecule has 2 atom stereocenters. The molecule has 0 radical (unpaired) electrons. The lowest BCUT2D eigenvalue weighted by atomic mass is 10.1. The number of aromatic nitrogens is 2. The molecule has 2 aromatic heterocycles. The number of carbonyl (C=O) groups excluding carboxylic acids is 1. The molecule has 114 valence electrons. The summed E-state index contributed by atoms with van der Waals surface area (Å²) in [5.41, 5.74) is -1.39. The van der Waals surface area contributed by atoms with Gasteiger partial charge < -0.3 is 9.73 Å². The predicted octanol–water partition coefficient (Wildman–Crippen LogP) is 4.36. The Kier molecular flexibility index (Phi) is 5.35. The lowest BCUT2D eigenvalue weighted by Gasteiger charge is -2.03. The van der Waals surface area contributed by atoms with Crippen molar-refractivity contribution in [1.29, 1.82) is 0 Å². The number of hydrogen-bond donors (Lipinski definition) is 1. The van der Waals surface area contributed by atoms with Gasteiger partial charge in [-0.1, -0.05) is 36.9 Å². The molecule has 5 nitrogen and oxygen atoms in total. The van der Waals surface area contributed by atoms with Gasteiger partial charge in [0.25, 0.3) is 0 Å². The highest BCUT2D eigenvalue weighted by atomic mass is 32.2. The van der Waals surface area contributed by atoms with Crippen LogP contribution in [-0.4, -0.2) is 15.9 Å². The number of carbonyl (C=O) groups is 1. The summed E-state index contributed by atoms with van der Waals surface area (Å²) in [6.45, 7) is 5.44. The lowest BCUT2D eigenvalue weighted by molar-refractivity contribution is -0.114. The highest BCUT2D eigenvalue weighted by Crippen LogP contribution is 2.40. The van der Waals surface area contributed by atoms with Crippen LogP contribution in [0.25, 0.3) is 0 Å². The minimum absolute atomic E-state index is 0.0600. The van der Waals surface area contributed by atoms with Crippen molar-refractivity contribution in [3.8, 4) is 0 Å². The fourth-order valence-corrected chi connectivity index (χ4v) is 3.32. The van der Waals surface area contributed by atoms with Crippen molar-refractivity contribution >= 4 is 34.1 Å². The molecular formula is C13H16FN3O2S2. The average Bonchev–Trinajstić information content (AvgIpc) is 3.06. The summed E-state index contributed by atoms with van der Waals surface area (Å²) >= 11 is 2.17. The minimum atomic E-state index is -1.39. The Balaban J connectivity index is 2.00. The molecule has 2 heterocycles. The summed E-state index contributed by atoms with van der Waals surface area (Å²) in [4.78, 5) is 18.9. The van der Waals surface area contributed by atoms with E-state index in [-0.39, 0.29) is 17.7 Å². The fourth-order valence-electron chi connectivity index (χ4n) is 1.51. The van der Waals surface area contributed by atoms with Crippen molar-refractivity contribution in [3.63, 3.8) is 0 Å². The highest BCUT2D eigenvalue weighted by Gasteiger charge is 2.21. The van der Waals surface area contributed by atoms with Crippen LogP contribution < -0.4 is 5.32 Å². The normalized spacial score (nSPS) is 13.9. The van der Waals surface area contributed by atoms with E-state index in [9.17, 15) is 9.18 Å². The van der Waals surface area contributed by atoms with Crippen LogP contribution in [0.1, 0.15) is 50.3 Å². The second-order valence-electron chi connectivity index (χ2n) is 4.51. The fraction of sp³-hybridized carbons (Fsp3) is 0.462. The van der Waals surface area contributed by atoms with E-state index >= 15 is 0 Å². The van der Waals surface area contributed by atoms with Crippen LogP contribution in [0.4, 0.5) is 9.52 Å². The van der Waals surface area contributed by atoms with E-state index < -0.39 is 5.50 Å². The number of nitrogens with one attached hydrogen (secondary N) is 1. The van der Waals surface area contributed by atoms with Crippen LogP contribution in [0.15, 0.2) is 21.0 Å². The Morgan fingerprint density at radius 3 is 2.95 bits per heavy atom. The molecule has 2 rings (SSSR count). The minimum Gasteiger partial charge on any atom is -0.442 e. The van der Waals surface area contributed by atoms with Gasteiger partial charge in [-0.15, -0.1) is 0 Å². The van der Waals surface area contributed by atoms with E-state index in [0.29, 0.717) is 15.1 Å². The summed E-state index contributed by atoms with van der Waals surface area (Å²) in [5, 5.41) is 3.01. The van der Waals surface area contributed by atoms with Crippen molar-refractivity contribution in [2.45, 2.75) is 42.8 Å². The monoisotopic (exact) mass is 329 g/mol. The second kappa shape index (κ2) is 7.04. The first-order valence-corrected chi connectivity index (χ1v) is 8.19. The number of nitrogens with zero attached hydrogens (tertiary/aromatic N) is 2. The van der Waals surface area contributed by atoms with Gasteiger partial charge in [0.05, 0.1) is 16.6 Å². The number of anilines is 1. The Labute approximate surface area is 130 Å². The van der Waals surface area contributed by atoms with E-state index in [1.54, 1.807) is 6.20 Å². The number of alkyl halides is 1. The van der Waals surface area contributed by atoms with Gasteiger partial charge in [0.15, 0.2) is 5.13 Å². The molecule has 2 aromatic rings. The largest absolute Gasteiger partial charge is 0.442 e. The maximum atomic E-state index is 14.2. The van der Waals surface area contributed by atoms with E-state index in [0.717, 1.165) is 18.2 Å². The zero-order valence-electron chi connectivity index (χ0n) is 11.9. The first-order chi connectivity index (χ1) is 9.99. The van der Waals surface area contributed by atoms with E-state index in [1.807, 2.05) is 13.8 Å². The molecule has 1 N–H and O–H groups in total. The third-order valence-corrected chi connectivity index (χ3v) is 4.81. The van der Waals surface area contributed by atoms with Gasteiger partial charge >= 0.3 is 0 Å². The van der Waals surface area contributed by atoms with Crippen LogP contribution in [0, 0.1) is 0 Å². The molecule has 8 heteroatoms. The number of amides is 1. The summed E-state index contributed by atoms with van der Waals surface area (Å²) < 4.78 is 20.3. The van der Waals surface area contributed by atoms with Crippen molar-refractivity contribution in [3.05, 3.63) is 24.0 Å². The summed E-state index contributed by atoms with van der Waals surface area (Å²) in [5.74, 6) is 0.769. The van der Waals surface area contributed by atoms with Crippen molar-refractivity contribution < 1.29 is 13.6 Å². The van der Waals surface area contributed by atoms with Gasteiger partial charge in [-0.25, -0.2) is 14.4 Å². The maximum absolute atomic E-state index is 14.2. The second-order valence-corrected chi connectivity index (χ2v) is 6.89. The quantitative estimate of drug-likeness (QED) is 0.797. The van der Waals surface area contributed by atoms with Crippen molar-refractivity contribution in [2.24, 2.45) is 0 Å². The van der Waals surface area contributed by atoms with E-state index in [1.165, 1.54) is 24.5 Å². The predicted molar refractivity (Wildman–Crippen MR) is 81.3 cm³/mol. The standard InChI is InChI=1S/C13H16FN3O2S2/c1-4-7(2)9-5-15-12(19-9)11(14)20-10-6-16-13(21-10)17-8(3)18/h5-7,11H,4H2,1-3H3,(H,16,17,18). The Hall–Kier alpha value is -1.41. The van der Waals surface area contributed by atoms with Crippen molar-refractivity contribution in [2.75, 3.05) is 5.32 Å². The van der Waals surface area contributed by atoms with Crippen LogP contribution in [0.5, 0.6) is 0 Å². The topological polar surface area (TPSA) is 68.0 Å². The lowest BCUT2D eigenvalue weighted by Crippen LogP contribution is -2.04. The Bertz CT molecular complexity index is 614. The van der Waals surface area contributed by atoms with Gasteiger partial charge in [0, 0.05) is 12.8 Å². The van der Waals surface area contributed by atoms with Crippen LogP contribution >= 0.6 is 23.1 Å². The Morgan fingerprint density at radius 2 is 2.29 bits per heavy atom. The summed E-state index contributed by atoms with van der Waals surface area (Å²) in [7, 11) is 0. The molecule has 0 aliphatic carbocycles. The number of hydrogen-bond acceptors (Lipinski definition) is 6. The van der Waals surface area contributed by atoms with Gasteiger partial charge in [-0.3, -0.25) is 4.79 Å². The molecule has 0 aromatic carbocycles. The van der Waals surface area contributed by atoms with E-state index in [2.05, 4.69) is 15.3 Å². The molecule has 1 amide bonds. The first-order valence-electron chi connectivity index (χ1n) is 6.49. The number of halogens is 1. The number of oxazole rings is 1. The molecule has 0 saturated carbocycles. The smallest absolute Gasteiger partial charge is 0.240 e. The zero-order valence-corrected chi connectivity index (χ0v) is 13.6. The zero-order chi connectivity index (χ0) is 15.4. The van der Waals surface area contributed by atoms with Crippen LogP contribution in [-0.2, 0) is 4.79 Å². The van der Waals surface area contributed by atoms with Gasteiger partial charge in [-0.2, -0.15) is 0 Å². The molecule has 0 fully saturated rings. The van der Waals surface area contributed by atoms with Gasteiger partial charge in [0.2, 0.25) is 17.3 Å². The molecule has 0 aliphatic rings. The molecule has 0 saturated heterocycles. The van der Waals surface area contributed by atoms with E-state index in [4.69, 9.17) is 4.42 Å². The third-order valence-electron chi connectivity index (χ3n) is 2.82.